The number of carbonyl (C=O) groups is 2. The Bertz CT molecular complexity index is 530. The van der Waals surface area contributed by atoms with Gasteiger partial charge in [0.15, 0.2) is 0 Å². The number of hydrogen-bond donors (Lipinski definition) is 2. The van der Waals surface area contributed by atoms with Gasteiger partial charge in [-0.25, -0.2) is 0 Å². The molecule has 114 valence electrons. The van der Waals surface area contributed by atoms with Gasteiger partial charge in [-0.1, -0.05) is 25.1 Å². The second kappa shape index (κ2) is 6.61. The molecule has 0 radical (unpaired) electrons. The summed E-state index contributed by atoms with van der Waals surface area (Å²) < 4.78 is 0. The van der Waals surface area contributed by atoms with Crippen LogP contribution in [0.25, 0.3) is 0 Å². The van der Waals surface area contributed by atoms with E-state index >= 15 is 0 Å². The van der Waals surface area contributed by atoms with Crippen molar-refractivity contribution in [1.29, 1.82) is 0 Å². The Kier molecular flexibility index (Phi) is 4.83. The summed E-state index contributed by atoms with van der Waals surface area (Å²) in [6.45, 7) is 5.05. The van der Waals surface area contributed by atoms with E-state index in [4.69, 9.17) is 5.73 Å². The Labute approximate surface area is 125 Å². The topological polar surface area (TPSA) is 75.4 Å². The van der Waals surface area contributed by atoms with E-state index in [1.807, 2.05) is 38.1 Å². The number of amides is 2. The third-order valence-corrected chi connectivity index (χ3v) is 3.96. The summed E-state index contributed by atoms with van der Waals surface area (Å²) in [6.07, 6.45) is 1.56. The van der Waals surface area contributed by atoms with Crippen molar-refractivity contribution in [2.75, 3.05) is 18.0 Å². The van der Waals surface area contributed by atoms with Crippen LogP contribution < -0.4 is 16.0 Å². The van der Waals surface area contributed by atoms with Gasteiger partial charge in [0.05, 0.1) is 12.5 Å². The lowest BCUT2D eigenvalue weighted by Gasteiger charge is -2.39. The summed E-state index contributed by atoms with van der Waals surface area (Å²) in [6, 6.07) is 7.80. The molecule has 0 aromatic heterocycles. The first-order valence-electron chi connectivity index (χ1n) is 7.46. The predicted octanol–water partition coefficient (Wildman–Crippen LogP) is 1.38. The van der Waals surface area contributed by atoms with E-state index in [2.05, 4.69) is 10.2 Å². The zero-order valence-corrected chi connectivity index (χ0v) is 12.6. The van der Waals surface area contributed by atoms with Crippen LogP contribution in [0.2, 0.25) is 0 Å². The van der Waals surface area contributed by atoms with Crippen molar-refractivity contribution in [2.45, 2.75) is 38.6 Å². The van der Waals surface area contributed by atoms with E-state index in [-0.39, 0.29) is 23.8 Å². The van der Waals surface area contributed by atoms with Crippen LogP contribution >= 0.6 is 0 Å². The van der Waals surface area contributed by atoms with Crippen molar-refractivity contribution in [3.63, 3.8) is 0 Å². The van der Waals surface area contributed by atoms with E-state index in [0.29, 0.717) is 19.5 Å². The van der Waals surface area contributed by atoms with Crippen LogP contribution in [0.1, 0.15) is 38.2 Å². The molecule has 0 aliphatic carbocycles. The number of nitrogens with two attached hydrogens (primary N) is 1. The first-order valence-corrected chi connectivity index (χ1v) is 7.46. The Hall–Kier alpha value is -2.04. The smallest absolute Gasteiger partial charge is 0.239 e. The Morgan fingerprint density at radius 3 is 2.76 bits per heavy atom. The fourth-order valence-electron chi connectivity index (χ4n) is 2.86. The molecule has 0 saturated carbocycles. The number of carbonyl (C=O) groups excluding carboxylic acids is 2. The molecule has 1 heterocycles. The highest BCUT2D eigenvalue weighted by atomic mass is 16.2. The normalized spacial score (nSPS) is 20.8. The average Bonchev–Trinajstić information content (AvgIpc) is 2.47. The number of fused-ring (bicyclic) bond motifs is 1. The molecule has 3 N–H and O–H groups in total. The third-order valence-electron chi connectivity index (χ3n) is 3.96. The quantitative estimate of drug-likeness (QED) is 0.860. The SMILES string of the molecule is CCCNC(=O)CN1c2ccccc2[C@@H](C(N)=O)C[C@@H]1C. The maximum absolute atomic E-state index is 12.0. The third kappa shape index (κ3) is 3.35. The van der Waals surface area contributed by atoms with Gasteiger partial charge in [-0.05, 0) is 31.4 Å². The monoisotopic (exact) mass is 289 g/mol. The van der Waals surface area contributed by atoms with Gasteiger partial charge >= 0.3 is 0 Å². The summed E-state index contributed by atoms with van der Waals surface area (Å²) in [5.74, 6) is -0.563. The Morgan fingerprint density at radius 1 is 1.38 bits per heavy atom. The van der Waals surface area contributed by atoms with E-state index in [0.717, 1.165) is 17.7 Å². The Balaban J connectivity index is 2.24. The van der Waals surface area contributed by atoms with E-state index < -0.39 is 0 Å². The van der Waals surface area contributed by atoms with E-state index in [9.17, 15) is 9.59 Å². The fraction of sp³-hybridized carbons (Fsp3) is 0.500. The maximum atomic E-state index is 12.0. The standard InChI is InChI=1S/C16H23N3O2/c1-3-8-18-15(20)10-19-11(2)9-13(16(17)21)12-6-4-5-7-14(12)19/h4-7,11,13H,3,8-10H2,1-2H3,(H2,17,21)(H,18,20)/t11-,13-/m0/s1. The van der Waals surface area contributed by atoms with Crippen molar-refractivity contribution in [3.8, 4) is 0 Å². The van der Waals surface area contributed by atoms with Crippen LogP contribution in [0, 0.1) is 0 Å². The molecule has 21 heavy (non-hydrogen) atoms. The van der Waals surface area contributed by atoms with Crippen LogP contribution in [-0.4, -0.2) is 30.9 Å². The van der Waals surface area contributed by atoms with Gasteiger partial charge in [0.2, 0.25) is 11.8 Å². The molecule has 1 aromatic carbocycles. The van der Waals surface area contributed by atoms with Crippen LogP contribution in [-0.2, 0) is 9.59 Å². The molecule has 1 aromatic rings. The van der Waals surface area contributed by atoms with Crippen LogP contribution in [0.3, 0.4) is 0 Å². The summed E-state index contributed by atoms with van der Waals surface area (Å²) in [5, 5.41) is 2.89. The van der Waals surface area contributed by atoms with E-state index in [1.54, 1.807) is 0 Å². The van der Waals surface area contributed by atoms with Crippen molar-refractivity contribution in [3.05, 3.63) is 29.8 Å². The predicted molar refractivity (Wildman–Crippen MR) is 83.1 cm³/mol. The zero-order valence-electron chi connectivity index (χ0n) is 12.6. The molecule has 0 saturated heterocycles. The molecule has 0 fully saturated rings. The lowest BCUT2D eigenvalue weighted by molar-refractivity contribution is -0.120. The number of primary amides is 1. The summed E-state index contributed by atoms with van der Waals surface area (Å²) in [5.41, 5.74) is 7.38. The van der Waals surface area contributed by atoms with E-state index in [1.165, 1.54) is 0 Å². The molecule has 2 amide bonds. The van der Waals surface area contributed by atoms with Gasteiger partial charge in [0, 0.05) is 18.3 Å². The van der Waals surface area contributed by atoms with Gasteiger partial charge in [-0.2, -0.15) is 0 Å². The van der Waals surface area contributed by atoms with Crippen LogP contribution in [0.5, 0.6) is 0 Å². The number of hydrogen-bond acceptors (Lipinski definition) is 3. The molecule has 1 aliphatic rings. The maximum Gasteiger partial charge on any atom is 0.239 e. The van der Waals surface area contributed by atoms with Gasteiger partial charge in [-0.15, -0.1) is 0 Å². The lowest BCUT2D eigenvalue weighted by atomic mass is 9.85. The molecule has 2 rings (SSSR count). The summed E-state index contributed by atoms with van der Waals surface area (Å²) >= 11 is 0. The average molecular weight is 289 g/mol. The fourth-order valence-corrected chi connectivity index (χ4v) is 2.86. The summed E-state index contributed by atoms with van der Waals surface area (Å²) in [7, 11) is 0. The van der Waals surface area contributed by atoms with Gasteiger partial charge in [-0.3, -0.25) is 9.59 Å². The molecular weight excluding hydrogens is 266 g/mol. The highest BCUT2D eigenvalue weighted by Crippen LogP contribution is 2.37. The van der Waals surface area contributed by atoms with Crippen molar-refractivity contribution >= 4 is 17.5 Å². The van der Waals surface area contributed by atoms with Crippen LogP contribution in [0.4, 0.5) is 5.69 Å². The molecule has 5 nitrogen and oxygen atoms in total. The number of rotatable bonds is 5. The largest absolute Gasteiger partial charge is 0.369 e. The Morgan fingerprint density at radius 2 is 2.10 bits per heavy atom. The first kappa shape index (κ1) is 15.4. The molecule has 2 atom stereocenters. The number of benzene rings is 1. The first-order chi connectivity index (χ1) is 10.0. The van der Waals surface area contributed by atoms with Crippen molar-refractivity contribution in [1.82, 2.24) is 5.32 Å². The lowest BCUT2D eigenvalue weighted by Crippen LogP contribution is -2.46. The molecule has 5 heteroatoms. The minimum absolute atomic E-state index is 0.0102. The number of para-hydroxylation sites is 1. The molecular formula is C16H23N3O2. The highest BCUT2D eigenvalue weighted by molar-refractivity contribution is 5.87. The number of anilines is 1. The number of nitrogens with one attached hydrogen (secondary N) is 1. The zero-order chi connectivity index (χ0) is 15.4. The van der Waals surface area contributed by atoms with Gasteiger partial charge < -0.3 is 16.0 Å². The second-order valence-corrected chi connectivity index (χ2v) is 5.58. The second-order valence-electron chi connectivity index (χ2n) is 5.58. The molecule has 0 spiro atoms. The summed E-state index contributed by atoms with van der Waals surface area (Å²) in [4.78, 5) is 25.7. The van der Waals surface area contributed by atoms with Crippen molar-refractivity contribution < 1.29 is 9.59 Å². The van der Waals surface area contributed by atoms with Crippen molar-refractivity contribution in [2.24, 2.45) is 5.73 Å². The molecule has 0 bridgehead atoms. The molecule has 0 unspecified atom stereocenters. The minimum Gasteiger partial charge on any atom is -0.369 e. The highest BCUT2D eigenvalue weighted by Gasteiger charge is 2.33. The van der Waals surface area contributed by atoms with Gasteiger partial charge in [0.25, 0.3) is 0 Å². The van der Waals surface area contributed by atoms with Gasteiger partial charge in [0.1, 0.15) is 0 Å². The molecule has 1 aliphatic heterocycles. The number of nitrogens with zero attached hydrogens (tertiary/aromatic N) is 1. The van der Waals surface area contributed by atoms with Crippen LogP contribution in [0.15, 0.2) is 24.3 Å². The minimum atomic E-state index is -0.301.